The van der Waals surface area contributed by atoms with Gasteiger partial charge in [0, 0.05) is 6.42 Å². The normalized spacial score (nSPS) is 10.6. The standard InChI is InChI=1S/C15H12O8/c16-9-4-6(1-2-11(18)19)8-3-7(15(22)23)5-10(17)14(21)12(8)13(9)20/h3-5,16,20H,1-2H2,(H,17,21)(H,18,19)(H,22,23). The first-order valence-electron chi connectivity index (χ1n) is 6.42. The molecule has 5 N–H and O–H groups in total. The third-order valence-electron chi connectivity index (χ3n) is 3.31. The number of carbonyl (C=O) groups is 2. The van der Waals surface area contributed by atoms with Crippen LogP contribution in [-0.4, -0.2) is 37.5 Å². The van der Waals surface area contributed by atoms with Gasteiger partial charge in [-0.15, -0.1) is 0 Å². The molecule has 0 spiro atoms. The van der Waals surface area contributed by atoms with Crippen LogP contribution in [0.4, 0.5) is 0 Å². The number of aliphatic carboxylic acids is 1. The molecule has 0 aromatic heterocycles. The number of rotatable bonds is 4. The van der Waals surface area contributed by atoms with Gasteiger partial charge < -0.3 is 25.5 Å². The van der Waals surface area contributed by atoms with Crippen LogP contribution >= 0.6 is 0 Å². The number of phenolic OH excluding ortho intramolecular Hbond substituents is 2. The van der Waals surface area contributed by atoms with E-state index in [0.717, 1.165) is 18.2 Å². The van der Waals surface area contributed by atoms with Gasteiger partial charge in [0.25, 0.3) is 0 Å². The second kappa shape index (κ2) is 5.84. The maximum Gasteiger partial charge on any atom is 0.335 e. The highest BCUT2D eigenvalue weighted by Crippen LogP contribution is 2.35. The van der Waals surface area contributed by atoms with Gasteiger partial charge in [0.2, 0.25) is 5.43 Å². The Kier molecular flexibility index (Phi) is 4.08. The fourth-order valence-corrected chi connectivity index (χ4v) is 2.23. The Bertz CT molecular complexity index is 885. The van der Waals surface area contributed by atoms with E-state index < -0.39 is 45.6 Å². The number of hydrogen-bond donors (Lipinski definition) is 5. The minimum absolute atomic E-state index is 0.0516. The monoisotopic (exact) mass is 320 g/mol. The Labute approximate surface area is 128 Å². The van der Waals surface area contributed by atoms with Gasteiger partial charge in [0.1, 0.15) is 0 Å². The number of aromatic carboxylic acids is 1. The van der Waals surface area contributed by atoms with Crippen molar-refractivity contribution >= 4 is 22.7 Å². The quantitative estimate of drug-likeness (QED) is 0.524. The molecule has 8 nitrogen and oxygen atoms in total. The van der Waals surface area contributed by atoms with Crippen LogP contribution in [0.5, 0.6) is 17.2 Å². The number of fused-ring (bicyclic) bond motifs is 1. The van der Waals surface area contributed by atoms with Gasteiger partial charge >= 0.3 is 11.9 Å². The van der Waals surface area contributed by atoms with Crippen molar-refractivity contribution in [3.8, 4) is 17.2 Å². The topological polar surface area (TPSA) is 152 Å². The molecule has 0 saturated carbocycles. The molecule has 120 valence electrons. The first-order valence-corrected chi connectivity index (χ1v) is 6.42. The Hall–Kier alpha value is -3.29. The largest absolute Gasteiger partial charge is 0.504 e. The summed E-state index contributed by atoms with van der Waals surface area (Å²) in [5, 5.41) is 46.6. The maximum atomic E-state index is 12.1. The number of aryl methyl sites for hydroxylation is 1. The molecular weight excluding hydrogens is 308 g/mol. The highest BCUT2D eigenvalue weighted by Gasteiger charge is 2.18. The third-order valence-corrected chi connectivity index (χ3v) is 3.31. The van der Waals surface area contributed by atoms with Crippen LogP contribution in [0, 0.1) is 0 Å². The predicted octanol–water partition coefficient (Wildman–Crippen LogP) is 1.03. The number of benzene rings is 1. The summed E-state index contributed by atoms with van der Waals surface area (Å²) in [4.78, 5) is 34.0. The lowest BCUT2D eigenvalue weighted by Crippen LogP contribution is -2.01. The second-order valence-electron chi connectivity index (χ2n) is 4.85. The molecule has 2 aromatic rings. The van der Waals surface area contributed by atoms with Crippen molar-refractivity contribution < 1.29 is 35.1 Å². The van der Waals surface area contributed by atoms with E-state index in [-0.39, 0.29) is 23.8 Å². The Morgan fingerprint density at radius 2 is 1.61 bits per heavy atom. The molecule has 0 aliphatic carbocycles. The molecule has 0 atom stereocenters. The van der Waals surface area contributed by atoms with Crippen molar-refractivity contribution in [2.75, 3.05) is 0 Å². The molecule has 8 heteroatoms. The molecule has 0 bridgehead atoms. The smallest absolute Gasteiger partial charge is 0.335 e. The Balaban J connectivity index is 2.95. The Morgan fingerprint density at radius 1 is 0.957 bits per heavy atom. The molecule has 0 aliphatic heterocycles. The summed E-state index contributed by atoms with van der Waals surface area (Å²) >= 11 is 0. The maximum absolute atomic E-state index is 12.1. The minimum atomic E-state index is -1.42. The fraction of sp³-hybridized carbons (Fsp3) is 0.133. The van der Waals surface area contributed by atoms with Gasteiger partial charge in [-0.2, -0.15) is 0 Å². The first-order chi connectivity index (χ1) is 10.7. The van der Waals surface area contributed by atoms with Gasteiger partial charge in [0.05, 0.1) is 10.9 Å². The van der Waals surface area contributed by atoms with E-state index in [9.17, 15) is 29.7 Å². The van der Waals surface area contributed by atoms with Gasteiger partial charge in [-0.25, -0.2) is 4.79 Å². The lowest BCUT2D eigenvalue weighted by molar-refractivity contribution is -0.136. The average molecular weight is 320 g/mol. The zero-order valence-electron chi connectivity index (χ0n) is 11.6. The highest BCUT2D eigenvalue weighted by atomic mass is 16.4. The van der Waals surface area contributed by atoms with E-state index in [2.05, 4.69) is 0 Å². The molecule has 2 aromatic carbocycles. The van der Waals surface area contributed by atoms with Gasteiger partial charge in [-0.05, 0) is 35.6 Å². The van der Waals surface area contributed by atoms with Crippen molar-refractivity contribution in [1.29, 1.82) is 0 Å². The SMILES string of the molecule is O=C(O)CCc1cc(O)c(O)c2c(=O)c(O)cc(C(=O)O)cc12. The van der Waals surface area contributed by atoms with Crippen LogP contribution in [0.2, 0.25) is 0 Å². The summed E-state index contributed by atoms with van der Waals surface area (Å²) in [7, 11) is 0. The van der Waals surface area contributed by atoms with E-state index in [1.165, 1.54) is 0 Å². The molecule has 2 rings (SSSR count). The van der Waals surface area contributed by atoms with Crippen LogP contribution in [0.3, 0.4) is 0 Å². The van der Waals surface area contributed by atoms with E-state index in [0.29, 0.717) is 0 Å². The fourth-order valence-electron chi connectivity index (χ4n) is 2.23. The van der Waals surface area contributed by atoms with E-state index in [1.807, 2.05) is 0 Å². The van der Waals surface area contributed by atoms with Crippen molar-refractivity contribution in [1.82, 2.24) is 0 Å². The summed E-state index contributed by atoms with van der Waals surface area (Å²) in [5.41, 5.74) is -1.33. The van der Waals surface area contributed by atoms with Crippen LogP contribution in [0.25, 0.3) is 10.8 Å². The predicted molar refractivity (Wildman–Crippen MR) is 78.1 cm³/mol. The number of phenols is 2. The summed E-state index contributed by atoms with van der Waals surface area (Å²) in [6, 6.07) is 2.82. The summed E-state index contributed by atoms with van der Waals surface area (Å²) in [5.74, 6) is -4.95. The molecule has 0 fully saturated rings. The van der Waals surface area contributed by atoms with Gasteiger partial charge in [0.15, 0.2) is 17.2 Å². The molecule has 0 radical (unpaired) electrons. The molecule has 0 amide bonds. The Morgan fingerprint density at radius 3 is 2.17 bits per heavy atom. The summed E-state index contributed by atoms with van der Waals surface area (Å²) in [6.45, 7) is 0. The average Bonchev–Trinajstić information content (AvgIpc) is 2.59. The van der Waals surface area contributed by atoms with E-state index in [1.54, 1.807) is 0 Å². The molecule has 0 heterocycles. The number of carboxylic acids is 2. The summed E-state index contributed by atoms with van der Waals surface area (Å²) in [6.07, 6.45) is -0.441. The lowest BCUT2D eigenvalue weighted by Gasteiger charge is -2.07. The van der Waals surface area contributed by atoms with Crippen LogP contribution in [-0.2, 0) is 11.2 Å². The first kappa shape index (κ1) is 16.1. The van der Waals surface area contributed by atoms with Crippen LogP contribution in [0.1, 0.15) is 22.3 Å². The highest BCUT2D eigenvalue weighted by molar-refractivity contribution is 5.98. The number of carboxylic acid groups (broad SMARTS) is 2. The molecule has 0 aliphatic rings. The van der Waals surface area contributed by atoms with E-state index in [4.69, 9.17) is 10.2 Å². The number of aromatic hydroxyl groups is 3. The van der Waals surface area contributed by atoms with E-state index >= 15 is 0 Å². The number of hydrogen-bond acceptors (Lipinski definition) is 6. The van der Waals surface area contributed by atoms with Crippen molar-refractivity contribution in [2.24, 2.45) is 0 Å². The molecule has 23 heavy (non-hydrogen) atoms. The lowest BCUT2D eigenvalue weighted by atomic mass is 10.0. The van der Waals surface area contributed by atoms with Crippen molar-refractivity contribution in [3.05, 3.63) is 39.5 Å². The van der Waals surface area contributed by atoms with Gasteiger partial charge in [-0.1, -0.05) is 0 Å². The van der Waals surface area contributed by atoms with Crippen LogP contribution in [0.15, 0.2) is 23.0 Å². The van der Waals surface area contributed by atoms with Gasteiger partial charge in [-0.3, -0.25) is 9.59 Å². The zero-order valence-corrected chi connectivity index (χ0v) is 11.6. The van der Waals surface area contributed by atoms with Crippen molar-refractivity contribution in [3.63, 3.8) is 0 Å². The van der Waals surface area contributed by atoms with Crippen molar-refractivity contribution in [2.45, 2.75) is 12.8 Å². The molecule has 0 saturated heterocycles. The zero-order chi connectivity index (χ0) is 17.3. The summed E-state index contributed by atoms with van der Waals surface area (Å²) < 4.78 is 0. The van der Waals surface area contributed by atoms with Crippen LogP contribution < -0.4 is 5.43 Å². The molecular formula is C15H12O8. The minimum Gasteiger partial charge on any atom is -0.504 e. The third kappa shape index (κ3) is 3.00. The second-order valence-corrected chi connectivity index (χ2v) is 4.85. The molecule has 0 unspecified atom stereocenters.